The number of nitrogens with one attached hydrogen (secondary N) is 1. The average molecular weight is 397 g/mol. The van der Waals surface area contributed by atoms with Gasteiger partial charge in [-0.15, -0.1) is 10.2 Å². The highest BCUT2D eigenvalue weighted by atomic mass is 32.2. The lowest BCUT2D eigenvalue weighted by Crippen LogP contribution is -2.14. The van der Waals surface area contributed by atoms with Crippen molar-refractivity contribution in [1.29, 1.82) is 0 Å². The molecule has 2 rings (SSSR count). The first-order chi connectivity index (χ1) is 12.2. The Morgan fingerprint density at radius 2 is 2.00 bits per heavy atom. The monoisotopic (exact) mass is 397 g/mol. The number of carbonyl (C=O) groups excluding carboxylic acids is 1. The lowest BCUT2D eigenvalue weighted by atomic mass is 10.0. The average Bonchev–Trinajstić information content (AvgIpc) is 3.00. The van der Waals surface area contributed by atoms with Crippen molar-refractivity contribution in [3.8, 4) is 0 Å². The summed E-state index contributed by atoms with van der Waals surface area (Å²) in [5.41, 5.74) is -1.14. The summed E-state index contributed by atoms with van der Waals surface area (Å²) >= 11 is 2.69. The van der Waals surface area contributed by atoms with Gasteiger partial charge in [0.2, 0.25) is 5.13 Å². The smallest absolute Gasteiger partial charge is 0.279 e. The lowest BCUT2D eigenvalue weighted by molar-refractivity contribution is -0.394. The van der Waals surface area contributed by atoms with Gasteiger partial charge < -0.3 is 0 Å². The van der Waals surface area contributed by atoms with Crippen LogP contribution < -0.4 is 5.32 Å². The molecule has 1 unspecified atom stereocenters. The van der Waals surface area contributed by atoms with Crippen molar-refractivity contribution >= 4 is 45.5 Å². The number of hydrogen-bond donors (Lipinski definition) is 1. The normalized spacial score (nSPS) is 11.8. The van der Waals surface area contributed by atoms with Gasteiger partial charge in [-0.1, -0.05) is 36.9 Å². The van der Waals surface area contributed by atoms with Gasteiger partial charge in [0.05, 0.1) is 21.5 Å². The van der Waals surface area contributed by atoms with Crippen LogP contribution in [0, 0.1) is 27.2 Å². The molecule has 0 radical (unpaired) electrons. The van der Waals surface area contributed by atoms with E-state index >= 15 is 0 Å². The molecule has 1 atom stereocenters. The number of amides is 1. The molecule has 0 spiro atoms. The van der Waals surface area contributed by atoms with E-state index in [9.17, 15) is 25.0 Å². The molecular formula is C14H15N5O5S2. The van der Waals surface area contributed by atoms with Gasteiger partial charge in [-0.25, -0.2) is 0 Å². The second-order valence-electron chi connectivity index (χ2n) is 5.32. The highest BCUT2D eigenvalue weighted by Gasteiger charge is 2.25. The summed E-state index contributed by atoms with van der Waals surface area (Å²) in [6.45, 7) is 5.44. The van der Waals surface area contributed by atoms with Crippen molar-refractivity contribution in [2.45, 2.75) is 36.8 Å². The molecule has 1 amide bonds. The minimum Gasteiger partial charge on any atom is -0.296 e. The van der Waals surface area contributed by atoms with Crippen LogP contribution in [-0.2, 0) is 0 Å². The van der Waals surface area contributed by atoms with Crippen LogP contribution in [0.15, 0.2) is 16.5 Å². The standard InChI is InChI=1S/C14H15N5O5S2/c1-4-7(2)25-14-17-16-13(26-14)15-12(20)10-5-9(18(21)22)6-11(8(10)3)19(23)24/h5-7H,4H2,1-3H3,(H,15,16,20). The van der Waals surface area contributed by atoms with Crippen LogP contribution in [0.1, 0.15) is 36.2 Å². The molecule has 26 heavy (non-hydrogen) atoms. The highest BCUT2D eigenvalue weighted by molar-refractivity contribution is 8.01. The number of hydrogen-bond acceptors (Lipinski definition) is 9. The Balaban J connectivity index is 2.29. The zero-order valence-electron chi connectivity index (χ0n) is 14.1. The van der Waals surface area contributed by atoms with E-state index in [0.717, 1.165) is 18.6 Å². The minimum absolute atomic E-state index is 0.0387. The summed E-state index contributed by atoms with van der Waals surface area (Å²) in [6.07, 6.45) is 0.947. The number of anilines is 1. The van der Waals surface area contributed by atoms with Gasteiger partial charge in [0, 0.05) is 16.9 Å². The van der Waals surface area contributed by atoms with Gasteiger partial charge in [0.25, 0.3) is 17.3 Å². The Morgan fingerprint density at radius 1 is 1.31 bits per heavy atom. The molecule has 0 aliphatic rings. The molecule has 1 heterocycles. The molecule has 0 saturated heterocycles. The Labute approximate surface area is 156 Å². The van der Waals surface area contributed by atoms with Crippen LogP contribution in [0.4, 0.5) is 16.5 Å². The van der Waals surface area contributed by atoms with Gasteiger partial charge in [0.1, 0.15) is 0 Å². The van der Waals surface area contributed by atoms with E-state index < -0.39 is 27.1 Å². The molecule has 0 aliphatic carbocycles. The Hall–Kier alpha value is -2.60. The number of carbonyl (C=O) groups is 1. The van der Waals surface area contributed by atoms with Gasteiger partial charge in [0.15, 0.2) is 4.34 Å². The van der Waals surface area contributed by atoms with E-state index in [-0.39, 0.29) is 16.3 Å². The molecule has 0 aliphatic heterocycles. The first-order valence-corrected chi connectivity index (χ1v) is 9.17. The van der Waals surface area contributed by atoms with Crippen molar-refractivity contribution < 1.29 is 14.6 Å². The maximum atomic E-state index is 12.4. The SMILES string of the molecule is CCC(C)Sc1nnc(NC(=O)c2cc([N+](=O)[O-])cc([N+](=O)[O-])c2C)s1. The van der Waals surface area contributed by atoms with Crippen LogP contribution in [0.5, 0.6) is 0 Å². The van der Waals surface area contributed by atoms with E-state index in [4.69, 9.17) is 0 Å². The Bertz CT molecular complexity index is 869. The first-order valence-electron chi connectivity index (χ1n) is 7.47. The van der Waals surface area contributed by atoms with Crippen molar-refractivity contribution in [3.63, 3.8) is 0 Å². The second kappa shape index (κ2) is 8.19. The minimum atomic E-state index is -0.783. The summed E-state index contributed by atoms with van der Waals surface area (Å²) in [5, 5.41) is 33.0. The summed E-state index contributed by atoms with van der Waals surface area (Å²) in [5.74, 6) is -0.717. The molecule has 0 saturated carbocycles. The van der Waals surface area contributed by atoms with Gasteiger partial charge in [-0.3, -0.25) is 30.3 Å². The van der Waals surface area contributed by atoms with Gasteiger partial charge in [-0.05, 0) is 13.3 Å². The predicted octanol–water partition coefficient (Wildman–Crippen LogP) is 3.81. The summed E-state index contributed by atoms with van der Waals surface area (Å²) < 4.78 is 0.677. The third-order valence-corrected chi connectivity index (χ3v) is 5.71. The zero-order valence-corrected chi connectivity index (χ0v) is 15.7. The maximum Gasteiger partial charge on any atom is 0.279 e. The first kappa shape index (κ1) is 19.7. The second-order valence-corrected chi connectivity index (χ2v) is 7.98. The molecule has 1 aromatic heterocycles. The molecule has 1 aromatic carbocycles. The van der Waals surface area contributed by atoms with Crippen LogP contribution in [-0.4, -0.2) is 31.2 Å². The highest BCUT2D eigenvalue weighted by Crippen LogP contribution is 2.31. The van der Waals surface area contributed by atoms with Crippen LogP contribution >= 0.6 is 23.1 Å². The van der Waals surface area contributed by atoms with Crippen molar-refractivity contribution in [3.05, 3.63) is 43.5 Å². The van der Waals surface area contributed by atoms with Gasteiger partial charge >= 0.3 is 0 Å². The molecular weight excluding hydrogens is 382 g/mol. The summed E-state index contributed by atoms with van der Waals surface area (Å²) in [4.78, 5) is 33.0. The number of nitrogens with zero attached hydrogens (tertiary/aromatic N) is 4. The van der Waals surface area contributed by atoms with Gasteiger partial charge in [-0.2, -0.15) is 0 Å². The zero-order chi connectivity index (χ0) is 19.4. The number of non-ortho nitro benzene ring substituents is 1. The maximum absolute atomic E-state index is 12.4. The van der Waals surface area contributed by atoms with Crippen molar-refractivity contribution in [2.75, 3.05) is 5.32 Å². The molecule has 0 bridgehead atoms. The quantitative estimate of drug-likeness (QED) is 0.322. The molecule has 12 heteroatoms. The largest absolute Gasteiger partial charge is 0.296 e. The topological polar surface area (TPSA) is 141 Å². The molecule has 2 aromatic rings. The summed E-state index contributed by atoms with van der Waals surface area (Å²) in [6, 6.07) is 1.84. The molecule has 10 nitrogen and oxygen atoms in total. The number of aromatic nitrogens is 2. The number of rotatable bonds is 7. The van der Waals surface area contributed by atoms with E-state index in [2.05, 4.69) is 15.5 Å². The predicted molar refractivity (Wildman–Crippen MR) is 98.0 cm³/mol. The van der Waals surface area contributed by atoms with Crippen molar-refractivity contribution in [1.82, 2.24) is 10.2 Å². The van der Waals surface area contributed by atoms with Crippen molar-refractivity contribution in [2.24, 2.45) is 0 Å². The number of nitro benzene ring substituents is 2. The Kier molecular flexibility index (Phi) is 6.21. The molecule has 138 valence electrons. The third kappa shape index (κ3) is 4.52. The molecule has 0 fully saturated rings. The van der Waals surface area contributed by atoms with Crippen LogP contribution in [0.2, 0.25) is 0 Å². The fraction of sp³-hybridized carbons (Fsp3) is 0.357. The fourth-order valence-electron chi connectivity index (χ4n) is 1.94. The van der Waals surface area contributed by atoms with Crippen LogP contribution in [0.3, 0.4) is 0 Å². The fourth-order valence-corrected chi connectivity index (χ4v) is 3.94. The number of benzene rings is 1. The van der Waals surface area contributed by atoms with E-state index in [1.807, 2.05) is 13.8 Å². The summed E-state index contributed by atoms with van der Waals surface area (Å²) in [7, 11) is 0. The third-order valence-electron chi connectivity index (χ3n) is 3.52. The Morgan fingerprint density at radius 3 is 2.58 bits per heavy atom. The molecule has 1 N–H and O–H groups in total. The van der Waals surface area contributed by atoms with E-state index in [0.29, 0.717) is 9.59 Å². The van der Waals surface area contributed by atoms with Crippen LogP contribution in [0.25, 0.3) is 0 Å². The van der Waals surface area contributed by atoms with E-state index in [1.54, 1.807) is 0 Å². The number of thioether (sulfide) groups is 1. The van der Waals surface area contributed by atoms with E-state index in [1.165, 1.54) is 30.0 Å². The lowest BCUT2D eigenvalue weighted by Gasteiger charge is -2.06. The number of nitro groups is 2.